The zero-order chi connectivity index (χ0) is 14.8. The lowest BCUT2D eigenvalue weighted by Gasteiger charge is -2.30. The number of nitrogens with two attached hydrogens (primary N) is 1. The quantitative estimate of drug-likeness (QED) is 0.704. The van der Waals surface area contributed by atoms with Gasteiger partial charge in [0, 0.05) is 12.6 Å². The molecule has 2 bridgehead atoms. The van der Waals surface area contributed by atoms with Crippen LogP contribution in [0.25, 0.3) is 0 Å². The van der Waals surface area contributed by atoms with Crippen molar-refractivity contribution in [1.29, 1.82) is 0 Å². The topological polar surface area (TPSA) is 55.1 Å². The third kappa shape index (κ3) is 3.55. The Bertz CT molecular complexity index is 338. The van der Waals surface area contributed by atoms with Crippen LogP contribution in [0.2, 0.25) is 0 Å². The van der Waals surface area contributed by atoms with Crippen LogP contribution in [0.3, 0.4) is 0 Å². The summed E-state index contributed by atoms with van der Waals surface area (Å²) < 4.78 is 0. The van der Waals surface area contributed by atoms with Crippen LogP contribution < -0.4 is 11.1 Å². The van der Waals surface area contributed by atoms with Gasteiger partial charge in [-0.05, 0) is 42.9 Å². The molecule has 2 aliphatic rings. The molecule has 20 heavy (non-hydrogen) atoms. The molecule has 3 nitrogen and oxygen atoms in total. The highest BCUT2D eigenvalue weighted by Gasteiger charge is 2.49. The largest absolute Gasteiger partial charge is 0.355 e. The van der Waals surface area contributed by atoms with E-state index >= 15 is 0 Å². The van der Waals surface area contributed by atoms with Gasteiger partial charge in [-0.1, -0.05) is 40.0 Å². The van der Waals surface area contributed by atoms with E-state index in [2.05, 4.69) is 26.1 Å². The number of fused-ring (bicyclic) bond motifs is 2. The Labute approximate surface area is 124 Å². The number of carbonyl (C=O) groups is 1. The first-order valence-corrected chi connectivity index (χ1v) is 8.48. The predicted octanol–water partition coefficient (Wildman–Crippen LogP) is 3.08. The van der Waals surface area contributed by atoms with E-state index in [0.717, 1.165) is 6.54 Å². The molecule has 2 aliphatic carbocycles. The molecule has 0 aromatic carbocycles. The van der Waals surface area contributed by atoms with Crippen LogP contribution in [0.5, 0.6) is 0 Å². The molecule has 0 radical (unpaired) electrons. The maximum absolute atomic E-state index is 12.4. The van der Waals surface area contributed by atoms with Gasteiger partial charge in [0.1, 0.15) is 0 Å². The number of nitrogens with one attached hydrogen (secondary N) is 1. The van der Waals surface area contributed by atoms with Gasteiger partial charge in [-0.3, -0.25) is 4.79 Å². The van der Waals surface area contributed by atoms with E-state index in [1.54, 1.807) is 0 Å². The Morgan fingerprint density at radius 1 is 1.25 bits per heavy atom. The summed E-state index contributed by atoms with van der Waals surface area (Å²) in [5.74, 6) is 1.46. The Morgan fingerprint density at radius 3 is 2.55 bits per heavy atom. The maximum Gasteiger partial charge on any atom is 0.224 e. The summed E-state index contributed by atoms with van der Waals surface area (Å²) in [4.78, 5) is 12.4. The fourth-order valence-corrected chi connectivity index (χ4v) is 4.11. The molecule has 0 spiro atoms. The van der Waals surface area contributed by atoms with E-state index in [1.807, 2.05) is 0 Å². The van der Waals surface area contributed by atoms with Crippen molar-refractivity contribution in [2.24, 2.45) is 28.9 Å². The molecule has 1 amide bonds. The van der Waals surface area contributed by atoms with Gasteiger partial charge in [-0.2, -0.15) is 0 Å². The lowest BCUT2D eigenvalue weighted by atomic mass is 9.83. The summed E-state index contributed by atoms with van der Waals surface area (Å²) in [6, 6.07) is 0.108. The minimum atomic E-state index is 0.0835. The highest BCUT2D eigenvalue weighted by Crippen LogP contribution is 2.47. The summed E-state index contributed by atoms with van der Waals surface area (Å²) in [6.07, 6.45) is 8.60. The summed E-state index contributed by atoms with van der Waals surface area (Å²) >= 11 is 0. The number of rotatable bonds is 7. The average molecular weight is 280 g/mol. The minimum absolute atomic E-state index is 0.0835. The van der Waals surface area contributed by atoms with Gasteiger partial charge in [0.25, 0.3) is 0 Å². The fourth-order valence-electron chi connectivity index (χ4n) is 4.11. The summed E-state index contributed by atoms with van der Waals surface area (Å²) in [7, 11) is 0. The minimum Gasteiger partial charge on any atom is -0.355 e. The van der Waals surface area contributed by atoms with E-state index in [4.69, 9.17) is 5.73 Å². The molecule has 116 valence electrons. The highest BCUT2D eigenvalue weighted by atomic mass is 16.1. The van der Waals surface area contributed by atoms with Gasteiger partial charge in [-0.25, -0.2) is 0 Å². The van der Waals surface area contributed by atoms with Crippen molar-refractivity contribution in [2.75, 3.05) is 6.54 Å². The van der Waals surface area contributed by atoms with Crippen LogP contribution in [0.4, 0.5) is 0 Å². The molecule has 0 heterocycles. The van der Waals surface area contributed by atoms with E-state index in [1.165, 1.54) is 44.9 Å². The molecular formula is C17H32N2O. The summed E-state index contributed by atoms with van der Waals surface area (Å²) in [5, 5.41) is 3.19. The van der Waals surface area contributed by atoms with E-state index in [-0.39, 0.29) is 23.3 Å². The van der Waals surface area contributed by atoms with Crippen LogP contribution in [0, 0.1) is 23.2 Å². The Balaban J connectivity index is 1.77. The lowest BCUT2D eigenvalue weighted by Crippen LogP contribution is -2.47. The number of amides is 1. The number of hydrogen-bond donors (Lipinski definition) is 2. The lowest BCUT2D eigenvalue weighted by molar-refractivity contribution is -0.127. The van der Waals surface area contributed by atoms with Gasteiger partial charge >= 0.3 is 0 Å². The normalized spacial score (nSPS) is 32.6. The van der Waals surface area contributed by atoms with Crippen LogP contribution in [0.15, 0.2) is 0 Å². The number of unbranched alkanes of at least 4 members (excludes halogenated alkanes) is 2. The SMILES string of the molecule is CCCCCC(C)(C)CNC(=O)C1C2CCC(C2)C1N. The third-order valence-electron chi connectivity index (χ3n) is 5.48. The molecular weight excluding hydrogens is 248 g/mol. The van der Waals surface area contributed by atoms with Gasteiger partial charge in [0.05, 0.1) is 5.92 Å². The van der Waals surface area contributed by atoms with Crippen molar-refractivity contribution in [2.45, 2.75) is 71.8 Å². The Hall–Kier alpha value is -0.570. The van der Waals surface area contributed by atoms with Crippen molar-refractivity contribution in [1.82, 2.24) is 5.32 Å². The summed E-state index contributed by atoms with van der Waals surface area (Å²) in [5.41, 5.74) is 6.44. The molecule has 2 rings (SSSR count). The van der Waals surface area contributed by atoms with Gasteiger partial charge < -0.3 is 11.1 Å². The third-order valence-corrected chi connectivity index (χ3v) is 5.48. The molecule has 2 fully saturated rings. The van der Waals surface area contributed by atoms with Crippen molar-refractivity contribution in [3.63, 3.8) is 0 Å². The van der Waals surface area contributed by atoms with Crippen molar-refractivity contribution >= 4 is 5.91 Å². The second-order valence-corrected chi connectivity index (χ2v) is 7.78. The first-order valence-electron chi connectivity index (χ1n) is 8.48. The second kappa shape index (κ2) is 6.46. The van der Waals surface area contributed by atoms with E-state index < -0.39 is 0 Å². The molecule has 2 saturated carbocycles. The van der Waals surface area contributed by atoms with Gasteiger partial charge in [0.2, 0.25) is 5.91 Å². The van der Waals surface area contributed by atoms with Crippen LogP contribution in [0.1, 0.15) is 65.7 Å². The van der Waals surface area contributed by atoms with E-state index in [9.17, 15) is 4.79 Å². The van der Waals surface area contributed by atoms with Crippen LogP contribution >= 0.6 is 0 Å². The van der Waals surface area contributed by atoms with Crippen LogP contribution in [-0.2, 0) is 4.79 Å². The first kappa shape index (κ1) is 15.8. The molecule has 3 N–H and O–H groups in total. The molecule has 4 atom stereocenters. The highest BCUT2D eigenvalue weighted by molar-refractivity contribution is 5.80. The fraction of sp³-hybridized carbons (Fsp3) is 0.941. The van der Waals surface area contributed by atoms with Gasteiger partial charge in [-0.15, -0.1) is 0 Å². The second-order valence-electron chi connectivity index (χ2n) is 7.78. The van der Waals surface area contributed by atoms with Crippen molar-refractivity contribution < 1.29 is 4.79 Å². The molecule has 3 heteroatoms. The zero-order valence-electron chi connectivity index (χ0n) is 13.5. The van der Waals surface area contributed by atoms with Crippen molar-refractivity contribution in [3.05, 3.63) is 0 Å². The van der Waals surface area contributed by atoms with Crippen LogP contribution in [-0.4, -0.2) is 18.5 Å². The van der Waals surface area contributed by atoms with Crippen molar-refractivity contribution in [3.8, 4) is 0 Å². The standard InChI is InChI=1S/C17H32N2O/c1-4-5-6-9-17(2,3)11-19-16(20)14-12-7-8-13(10-12)15(14)18/h12-15H,4-11,18H2,1-3H3,(H,19,20). The number of carbonyl (C=O) groups excluding carboxylic acids is 1. The molecule has 0 saturated heterocycles. The van der Waals surface area contributed by atoms with E-state index in [0.29, 0.717) is 11.8 Å². The smallest absolute Gasteiger partial charge is 0.224 e. The predicted molar refractivity (Wildman–Crippen MR) is 83.2 cm³/mol. The Kier molecular flexibility index (Phi) is 5.11. The molecule has 0 aromatic rings. The molecule has 0 aromatic heterocycles. The zero-order valence-corrected chi connectivity index (χ0v) is 13.5. The number of hydrogen-bond acceptors (Lipinski definition) is 2. The monoisotopic (exact) mass is 280 g/mol. The molecule has 0 aliphatic heterocycles. The Morgan fingerprint density at radius 2 is 1.95 bits per heavy atom. The summed E-state index contributed by atoms with van der Waals surface area (Å²) in [6.45, 7) is 7.52. The molecule has 4 unspecified atom stereocenters. The first-order chi connectivity index (χ1) is 9.44. The average Bonchev–Trinajstić information content (AvgIpc) is 2.97. The van der Waals surface area contributed by atoms with Gasteiger partial charge in [0.15, 0.2) is 0 Å². The maximum atomic E-state index is 12.4.